The Balaban J connectivity index is 1.63. The molecule has 4 nitrogen and oxygen atoms in total. The molecule has 0 saturated heterocycles. The van der Waals surface area contributed by atoms with Crippen LogP contribution >= 0.6 is 0 Å². The van der Waals surface area contributed by atoms with Crippen molar-refractivity contribution < 1.29 is 19.4 Å². The number of fused-ring (bicyclic) bond motifs is 1. The van der Waals surface area contributed by atoms with E-state index in [1.54, 1.807) is 0 Å². The maximum Gasteiger partial charge on any atom is 0.509 e. The third-order valence-corrected chi connectivity index (χ3v) is 6.99. The highest BCUT2D eigenvalue weighted by Crippen LogP contribution is 2.58. The van der Waals surface area contributed by atoms with Crippen LogP contribution in [0.3, 0.4) is 0 Å². The van der Waals surface area contributed by atoms with Gasteiger partial charge in [0.15, 0.2) is 0 Å². The Morgan fingerprint density at radius 2 is 1.83 bits per heavy atom. The van der Waals surface area contributed by atoms with E-state index in [9.17, 15) is 9.90 Å². The molecular formula is C19H32O4. The van der Waals surface area contributed by atoms with Crippen molar-refractivity contribution in [2.75, 3.05) is 0 Å². The van der Waals surface area contributed by atoms with E-state index in [1.165, 1.54) is 6.42 Å². The second kappa shape index (κ2) is 6.62. The zero-order valence-electron chi connectivity index (χ0n) is 14.8. The van der Waals surface area contributed by atoms with E-state index in [0.717, 1.165) is 50.9 Å². The van der Waals surface area contributed by atoms with Crippen LogP contribution in [0.1, 0.15) is 72.1 Å². The molecule has 3 aliphatic carbocycles. The third kappa shape index (κ3) is 3.11. The number of carbonyl (C=O) groups excluding carboxylic acids is 1. The molecule has 3 rings (SSSR count). The van der Waals surface area contributed by atoms with Crippen LogP contribution in [0.2, 0.25) is 0 Å². The molecular weight excluding hydrogens is 292 g/mol. The summed E-state index contributed by atoms with van der Waals surface area (Å²) >= 11 is 0. The molecule has 132 valence electrons. The minimum absolute atomic E-state index is 0.0370. The molecule has 0 bridgehead atoms. The molecule has 0 aromatic carbocycles. The first-order chi connectivity index (χ1) is 11.0. The second-order valence-corrected chi connectivity index (χ2v) is 7.92. The van der Waals surface area contributed by atoms with Crippen LogP contribution < -0.4 is 0 Å². The third-order valence-electron chi connectivity index (χ3n) is 6.99. The van der Waals surface area contributed by atoms with Gasteiger partial charge in [-0.05, 0) is 50.4 Å². The molecule has 0 aromatic rings. The molecule has 0 spiro atoms. The standard InChI is InChI=1S/C19H32O4/c1-4-19(5-2,14-8-6-7-9-15(14)20)23-18(21)22-16-11-10-13-12(3)17(13)16/h12-17,20H,4-11H2,1-3H3/t12-,13?,14?,15?,16?,17?/m0/s1. The maximum absolute atomic E-state index is 12.4. The van der Waals surface area contributed by atoms with E-state index >= 15 is 0 Å². The average molecular weight is 324 g/mol. The highest BCUT2D eigenvalue weighted by atomic mass is 16.7. The molecule has 4 heteroatoms. The van der Waals surface area contributed by atoms with Crippen LogP contribution in [0.25, 0.3) is 0 Å². The van der Waals surface area contributed by atoms with Gasteiger partial charge < -0.3 is 14.6 Å². The van der Waals surface area contributed by atoms with Crippen molar-refractivity contribution in [1.29, 1.82) is 0 Å². The van der Waals surface area contributed by atoms with Crippen molar-refractivity contribution in [1.82, 2.24) is 0 Å². The topological polar surface area (TPSA) is 55.8 Å². The van der Waals surface area contributed by atoms with Crippen LogP contribution in [-0.4, -0.2) is 29.1 Å². The Kier molecular flexibility index (Phi) is 4.91. The summed E-state index contributed by atoms with van der Waals surface area (Å²) in [4.78, 5) is 12.4. The van der Waals surface area contributed by atoms with Crippen LogP contribution in [0.5, 0.6) is 0 Å². The van der Waals surface area contributed by atoms with Gasteiger partial charge in [-0.2, -0.15) is 0 Å². The van der Waals surface area contributed by atoms with E-state index in [4.69, 9.17) is 9.47 Å². The highest BCUT2D eigenvalue weighted by Gasteiger charge is 2.57. The predicted molar refractivity (Wildman–Crippen MR) is 88.0 cm³/mol. The van der Waals surface area contributed by atoms with E-state index in [2.05, 4.69) is 6.92 Å². The second-order valence-electron chi connectivity index (χ2n) is 7.92. The van der Waals surface area contributed by atoms with Crippen LogP contribution in [0.4, 0.5) is 4.79 Å². The first-order valence-electron chi connectivity index (χ1n) is 9.60. The zero-order chi connectivity index (χ0) is 16.6. The molecule has 0 aromatic heterocycles. The monoisotopic (exact) mass is 324 g/mol. The number of rotatable bonds is 5. The minimum atomic E-state index is -0.579. The number of carbonyl (C=O) groups is 1. The fourth-order valence-electron chi connectivity index (χ4n) is 5.37. The lowest BCUT2D eigenvalue weighted by molar-refractivity contribution is -0.122. The van der Waals surface area contributed by atoms with Crippen LogP contribution in [0.15, 0.2) is 0 Å². The van der Waals surface area contributed by atoms with Gasteiger partial charge in [0.25, 0.3) is 0 Å². The van der Waals surface area contributed by atoms with Crippen molar-refractivity contribution in [3.8, 4) is 0 Å². The number of hydrogen-bond donors (Lipinski definition) is 1. The summed E-state index contributed by atoms with van der Waals surface area (Å²) < 4.78 is 11.6. The SMILES string of the molecule is CCC(CC)(OC(=O)OC1CCC2C1[C@H]2C)C1CCCCC1O. The van der Waals surface area contributed by atoms with E-state index < -0.39 is 11.8 Å². The van der Waals surface area contributed by atoms with Crippen molar-refractivity contribution in [2.45, 2.75) is 89.9 Å². The van der Waals surface area contributed by atoms with Crippen LogP contribution in [0, 0.1) is 23.7 Å². The minimum Gasteiger partial charge on any atom is -0.431 e. The van der Waals surface area contributed by atoms with Gasteiger partial charge in [-0.3, -0.25) is 0 Å². The lowest BCUT2D eigenvalue weighted by Crippen LogP contribution is -2.48. The van der Waals surface area contributed by atoms with E-state index in [1.807, 2.05) is 13.8 Å². The maximum atomic E-state index is 12.4. The number of hydrogen-bond acceptors (Lipinski definition) is 4. The molecule has 1 N–H and O–H groups in total. The summed E-state index contributed by atoms with van der Waals surface area (Å²) in [5.74, 6) is 2.05. The molecule has 3 fully saturated rings. The first-order valence-corrected chi connectivity index (χ1v) is 9.60. The lowest BCUT2D eigenvalue weighted by Gasteiger charge is -2.43. The first kappa shape index (κ1) is 17.1. The predicted octanol–water partition coefficient (Wildman–Crippen LogP) is 4.29. The van der Waals surface area contributed by atoms with Gasteiger partial charge in [0.2, 0.25) is 0 Å². The zero-order valence-corrected chi connectivity index (χ0v) is 14.8. The Hall–Kier alpha value is -0.770. The summed E-state index contributed by atoms with van der Waals surface area (Å²) in [5, 5.41) is 10.4. The van der Waals surface area contributed by atoms with Crippen molar-refractivity contribution >= 4 is 6.16 Å². The fourth-order valence-corrected chi connectivity index (χ4v) is 5.37. The van der Waals surface area contributed by atoms with Gasteiger partial charge in [-0.1, -0.05) is 33.6 Å². The van der Waals surface area contributed by atoms with Crippen molar-refractivity contribution in [2.24, 2.45) is 23.7 Å². The van der Waals surface area contributed by atoms with Gasteiger partial charge in [0, 0.05) is 11.8 Å². The summed E-state index contributed by atoms with van der Waals surface area (Å²) in [5.41, 5.74) is -0.579. The Morgan fingerprint density at radius 1 is 1.13 bits per heavy atom. The molecule has 3 saturated carbocycles. The van der Waals surface area contributed by atoms with Gasteiger partial charge >= 0.3 is 6.16 Å². The molecule has 0 heterocycles. The fraction of sp³-hybridized carbons (Fsp3) is 0.947. The molecule has 0 aliphatic heterocycles. The Labute approximate surface area is 139 Å². The van der Waals surface area contributed by atoms with Gasteiger partial charge in [0.1, 0.15) is 11.7 Å². The summed E-state index contributed by atoms with van der Waals surface area (Å²) in [6.07, 6.45) is 6.69. The smallest absolute Gasteiger partial charge is 0.431 e. The van der Waals surface area contributed by atoms with Gasteiger partial charge in [-0.25, -0.2) is 4.79 Å². The van der Waals surface area contributed by atoms with Gasteiger partial charge in [0.05, 0.1) is 6.10 Å². The lowest BCUT2D eigenvalue weighted by atomic mass is 9.72. The number of ether oxygens (including phenoxy) is 2. The van der Waals surface area contributed by atoms with E-state index in [0.29, 0.717) is 11.8 Å². The molecule has 23 heavy (non-hydrogen) atoms. The molecule has 5 unspecified atom stereocenters. The van der Waals surface area contributed by atoms with Gasteiger partial charge in [-0.15, -0.1) is 0 Å². The summed E-state index contributed by atoms with van der Waals surface area (Å²) in [6, 6.07) is 0. The number of aliphatic hydroxyl groups is 1. The Morgan fingerprint density at radius 3 is 2.39 bits per heavy atom. The number of aliphatic hydroxyl groups excluding tert-OH is 1. The molecule has 0 amide bonds. The van der Waals surface area contributed by atoms with Crippen molar-refractivity contribution in [3.05, 3.63) is 0 Å². The van der Waals surface area contributed by atoms with Crippen molar-refractivity contribution in [3.63, 3.8) is 0 Å². The summed E-state index contributed by atoms with van der Waals surface area (Å²) in [6.45, 7) is 6.34. The summed E-state index contributed by atoms with van der Waals surface area (Å²) in [7, 11) is 0. The average Bonchev–Trinajstić information content (AvgIpc) is 2.99. The van der Waals surface area contributed by atoms with E-state index in [-0.39, 0.29) is 18.1 Å². The largest absolute Gasteiger partial charge is 0.509 e. The molecule has 6 atom stereocenters. The Bertz CT molecular complexity index is 431. The highest BCUT2D eigenvalue weighted by molar-refractivity contribution is 5.61. The quantitative estimate of drug-likeness (QED) is 0.766. The molecule has 3 aliphatic rings. The normalized spacial score (nSPS) is 39.7. The molecule has 0 radical (unpaired) electrons. The van der Waals surface area contributed by atoms with Crippen LogP contribution in [-0.2, 0) is 9.47 Å².